The van der Waals surface area contributed by atoms with Crippen LogP contribution in [0.15, 0.2) is 6.33 Å². The fourth-order valence-electron chi connectivity index (χ4n) is 1.34. The van der Waals surface area contributed by atoms with Crippen LogP contribution in [0.2, 0.25) is 5.28 Å². The summed E-state index contributed by atoms with van der Waals surface area (Å²) in [6, 6.07) is 0. The van der Waals surface area contributed by atoms with Gasteiger partial charge in [-0.25, -0.2) is 9.37 Å². The molecule has 1 atom stereocenters. The topological polar surface area (TPSA) is 69.6 Å². The second-order valence-electron chi connectivity index (χ2n) is 3.23. The average molecular weight is 230 g/mol. The zero-order valence-corrected chi connectivity index (χ0v) is 8.74. The van der Waals surface area contributed by atoms with Gasteiger partial charge < -0.3 is 10.3 Å². The van der Waals surface area contributed by atoms with Gasteiger partial charge in [0.2, 0.25) is 5.28 Å². The first-order chi connectivity index (χ1) is 7.08. The van der Waals surface area contributed by atoms with Crippen LogP contribution in [-0.4, -0.2) is 25.7 Å². The van der Waals surface area contributed by atoms with E-state index in [-0.39, 0.29) is 17.6 Å². The Morgan fingerprint density at radius 3 is 3.00 bits per heavy atom. The molecule has 5 nitrogen and oxygen atoms in total. The highest BCUT2D eigenvalue weighted by molar-refractivity contribution is 6.28. The fraction of sp³-hybridized carbons (Fsp3) is 0.375. The van der Waals surface area contributed by atoms with Crippen molar-refractivity contribution >= 4 is 28.6 Å². The summed E-state index contributed by atoms with van der Waals surface area (Å²) in [6.45, 7) is 1.63. The maximum Gasteiger partial charge on any atom is 0.226 e. The molecule has 0 aromatic carbocycles. The molecule has 0 aliphatic heterocycles. The van der Waals surface area contributed by atoms with Crippen molar-refractivity contribution < 1.29 is 4.39 Å². The molecule has 0 radical (unpaired) electrons. The van der Waals surface area contributed by atoms with Crippen molar-refractivity contribution in [2.75, 3.05) is 5.73 Å². The van der Waals surface area contributed by atoms with Gasteiger partial charge in [0.1, 0.15) is 11.7 Å². The molecule has 0 aliphatic carbocycles. The second-order valence-corrected chi connectivity index (χ2v) is 3.57. The minimum absolute atomic E-state index is 0.0354. The number of anilines is 1. The Hall–Kier alpha value is -1.43. The van der Waals surface area contributed by atoms with Crippen LogP contribution in [-0.2, 0) is 6.54 Å². The zero-order valence-electron chi connectivity index (χ0n) is 7.98. The maximum atomic E-state index is 12.8. The SMILES string of the molecule is CC(F)Cn1cnc2c(N)nc(Cl)nc21. The molecule has 80 valence electrons. The number of fused-ring (bicyclic) bond motifs is 1. The fourth-order valence-corrected chi connectivity index (χ4v) is 1.51. The first kappa shape index (κ1) is 10.1. The summed E-state index contributed by atoms with van der Waals surface area (Å²) >= 11 is 5.65. The van der Waals surface area contributed by atoms with E-state index in [1.54, 1.807) is 4.57 Å². The first-order valence-electron chi connectivity index (χ1n) is 4.36. The summed E-state index contributed by atoms with van der Waals surface area (Å²) in [6.07, 6.45) is 0.486. The molecule has 2 rings (SSSR count). The highest BCUT2D eigenvalue weighted by atomic mass is 35.5. The third kappa shape index (κ3) is 1.85. The Morgan fingerprint density at radius 2 is 2.33 bits per heavy atom. The van der Waals surface area contributed by atoms with E-state index in [4.69, 9.17) is 17.3 Å². The Labute approximate surface area is 90.1 Å². The molecule has 0 bridgehead atoms. The van der Waals surface area contributed by atoms with Gasteiger partial charge in [-0.05, 0) is 18.5 Å². The predicted molar refractivity (Wildman–Crippen MR) is 55.3 cm³/mol. The summed E-state index contributed by atoms with van der Waals surface area (Å²) < 4.78 is 14.4. The molecule has 15 heavy (non-hydrogen) atoms. The number of aromatic nitrogens is 4. The Kier molecular flexibility index (Phi) is 2.44. The highest BCUT2D eigenvalue weighted by Crippen LogP contribution is 2.18. The van der Waals surface area contributed by atoms with Crippen LogP contribution in [0.1, 0.15) is 6.92 Å². The van der Waals surface area contributed by atoms with Crippen LogP contribution in [0.4, 0.5) is 10.2 Å². The van der Waals surface area contributed by atoms with Gasteiger partial charge in [0.25, 0.3) is 0 Å². The molecular weight excluding hydrogens is 221 g/mol. The summed E-state index contributed by atoms with van der Waals surface area (Å²) in [4.78, 5) is 11.7. The summed E-state index contributed by atoms with van der Waals surface area (Å²) in [7, 11) is 0. The number of alkyl halides is 1. The van der Waals surface area contributed by atoms with Crippen molar-refractivity contribution in [2.45, 2.75) is 19.6 Å². The lowest BCUT2D eigenvalue weighted by atomic mass is 10.4. The number of rotatable bonds is 2. The average Bonchev–Trinajstić information content (AvgIpc) is 2.48. The second kappa shape index (κ2) is 3.62. The van der Waals surface area contributed by atoms with E-state index < -0.39 is 6.17 Å². The van der Waals surface area contributed by atoms with Gasteiger partial charge in [0, 0.05) is 0 Å². The third-order valence-electron chi connectivity index (χ3n) is 1.91. The monoisotopic (exact) mass is 229 g/mol. The van der Waals surface area contributed by atoms with Crippen molar-refractivity contribution in [1.82, 2.24) is 19.5 Å². The molecule has 0 saturated carbocycles. The Bertz CT molecular complexity index is 495. The number of nitrogen functional groups attached to an aromatic ring is 1. The summed E-state index contributed by atoms with van der Waals surface area (Å²) in [5, 5.41) is 0.0354. The standard InChI is InChI=1S/C8H9ClFN5/c1-4(10)2-15-3-12-5-6(11)13-8(9)14-7(5)15/h3-4H,2H2,1H3,(H2,11,13,14). The third-order valence-corrected chi connectivity index (χ3v) is 2.08. The molecule has 0 saturated heterocycles. The van der Waals surface area contributed by atoms with Crippen molar-refractivity contribution in [3.8, 4) is 0 Å². The lowest BCUT2D eigenvalue weighted by Crippen LogP contribution is -2.07. The van der Waals surface area contributed by atoms with Gasteiger partial charge in [-0.15, -0.1) is 0 Å². The largest absolute Gasteiger partial charge is 0.382 e. The first-order valence-corrected chi connectivity index (χ1v) is 4.73. The van der Waals surface area contributed by atoms with E-state index in [1.807, 2.05) is 0 Å². The van der Waals surface area contributed by atoms with Crippen molar-refractivity contribution in [3.05, 3.63) is 11.6 Å². The van der Waals surface area contributed by atoms with Gasteiger partial charge >= 0.3 is 0 Å². The smallest absolute Gasteiger partial charge is 0.226 e. The molecule has 0 amide bonds. The van der Waals surface area contributed by atoms with E-state index in [1.165, 1.54) is 13.3 Å². The van der Waals surface area contributed by atoms with Gasteiger partial charge in [0.05, 0.1) is 12.9 Å². The lowest BCUT2D eigenvalue weighted by molar-refractivity contribution is 0.323. The number of nitrogens with zero attached hydrogens (tertiary/aromatic N) is 4. The zero-order chi connectivity index (χ0) is 11.0. The molecule has 0 spiro atoms. The number of hydrogen-bond donors (Lipinski definition) is 1. The van der Waals surface area contributed by atoms with E-state index in [2.05, 4.69) is 15.0 Å². The van der Waals surface area contributed by atoms with Crippen LogP contribution < -0.4 is 5.73 Å². The van der Waals surface area contributed by atoms with Crippen molar-refractivity contribution in [1.29, 1.82) is 0 Å². The molecular formula is C8H9ClFN5. The lowest BCUT2D eigenvalue weighted by Gasteiger charge is -2.04. The van der Waals surface area contributed by atoms with Gasteiger partial charge in [0.15, 0.2) is 11.5 Å². The molecule has 7 heteroatoms. The minimum Gasteiger partial charge on any atom is -0.382 e. The minimum atomic E-state index is -0.989. The predicted octanol–water partition coefficient (Wildman–Crippen LogP) is 1.42. The van der Waals surface area contributed by atoms with Gasteiger partial charge in [-0.1, -0.05) is 0 Å². The molecule has 0 fully saturated rings. The summed E-state index contributed by atoms with van der Waals surface area (Å²) in [5.74, 6) is 0.204. The van der Waals surface area contributed by atoms with Crippen LogP contribution in [0.5, 0.6) is 0 Å². The quantitative estimate of drug-likeness (QED) is 0.791. The molecule has 2 heterocycles. The van der Waals surface area contributed by atoms with Crippen LogP contribution in [0.25, 0.3) is 11.2 Å². The van der Waals surface area contributed by atoms with Crippen LogP contribution >= 0.6 is 11.6 Å². The molecule has 2 aromatic heterocycles. The molecule has 0 aliphatic rings. The number of imidazole rings is 1. The van der Waals surface area contributed by atoms with Crippen LogP contribution in [0.3, 0.4) is 0 Å². The van der Waals surface area contributed by atoms with E-state index in [0.717, 1.165) is 0 Å². The maximum absolute atomic E-state index is 12.8. The number of hydrogen-bond acceptors (Lipinski definition) is 4. The van der Waals surface area contributed by atoms with E-state index in [0.29, 0.717) is 11.2 Å². The Balaban J connectivity index is 2.58. The molecule has 1 unspecified atom stereocenters. The van der Waals surface area contributed by atoms with E-state index >= 15 is 0 Å². The normalized spacial score (nSPS) is 13.3. The number of nitrogens with two attached hydrogens (primary N) is 1. The number of halogens is 2. The molecule has 2 aromatic rings. The van der Waals surface area contributed by atoms with Crippen LogP contribution in [0, 0.1) is 0 Å². The van der Waals surface area contributed by atoms with E-state index in [9.17, 15) is 4.39 Å². The van der Waals surface area contributed by atoms with Gasteiger partial charge in [-0.2, -0.15) is 9.97 Å². The Morgan fingerprint density at radius 1 is 1.60 bits per heavy atom. The van der Waals surface area contributed by atoms with Crippen molar-refractivity contribution in [3.63, 3.8) is 0 Å². The summed E-state index contributed by atoms with van der Waals surface area (Å²) in [5.41, 5.74) is 6.50. The van der Waals surface area contributed by atoms with Crippen molar-refractivity contribution in [2.24, 2.45) is 0 Å². The molecule has 2 N–H and O–H groups in total. The highest BCUT2D eigenvalue weighted by Gasteiger charge is 2.11. The van der Waals surface area contributed by atoms with Gasteiger partial charge in [-0.3, -0.25) is 0 Å².